The number of rotatable bonds is 3. The van der Waals surface area contributed by atoms with Gasteiger partial charge in [0.05, 0.1) is 0 Å². The minimum absolute atomic E-state index is 0.167. The Morgan fingerprint density at radius 1 is 0.929 bits per heavy atom. The van der Waals surface area contributed by atoms with Crippen LogP contribution in [0.4, 0.5) is 0 Å². The van der Waals surface area contributed by atoms with Gasteiger partial charge in [-0.25, -0.2) is 0 Å². The second-order valence-electron chi connectivity index (χ2n) is 3.31. The lowest BCUT2D eigenvalue weighted by atomic mass is 10.3. The summed E-state index contributed by atoms with van der Waals surface area (Å²) >= 11 is 0. The number of ketones is 2. The summed E-state index contributed by atoms with van der Waals surface area (Å²) in [4.78, 5) is 18.9. The highest BCUT2D eigenvalue weighted by Crippen LogP contribution is 1.88. The molecule has 0 aromatic carbocycles. The Kier molecular flexibility index (Phi) is 24.6. The van der Waals surface area contributed by atoms with Gasteiger partial charge < -0.3 is 15.3 Å². The van der Waals surface area contributed by atoms with Crippen molar-refractivity contribution in [2.45, 2.75) is 53.9 Å². The maximum atomic E-state index is 9.44. The van der Waals surface area contributed by atoms with E-state index in [1.165, 1.54) is 47.0 Å². The zero-order valence-corrected chi connectivity index (χ0v) is 10.2. The summed E-state index contributed by atoms with van der Waals surface area (Å²) in [5.41, 5.74) is 5.21. The van der Waals surface area contributed by atoms with Gasteiger partial charge in [-0.3, -0.25) is 0 Å². The zero-order chi connectivity index (χ0) is 12.0. The van der Waals surface area contributed by atoms with Crippen LogP contribution in [0.3, 0.4) is 0 Å². The van der Waals surface area contributed by atoms with Crippen molar-refractivity contribution < 1.29 is 9.59 Å². The topological polar surface area (TPSA) is 60.2 Å². The largest absolute Gasteiger partial charge is 0.330 e. The lowest BCUT2D eigenvalue weighted by Crippen LogP contribution is -1.96. The fourth-order valence-corrected chi connectivity index (χ4v) is 0.394. The molecule has 0 unspecified atom stereocenters. The summed E-state index contributed by atoms with van der Waals surface area (Å²) in [6.07, 6.45) is 3.75. The standard InChI is InChI=1S/C5H13N.2C3H6O/c1-2-3-4-5-6;2*1-3(2)4/h2-6H2,1H3;2*1-2H3. The van der Waals surface area contributed by atoms with Gasteiger partial charge in [0.15, 0.2) is 0 Å². The van der Waals surface area contributed by atoms with Gasteiger partial charge in [-0.05, 0) is 40.7 Å². The van der Waals surface area contributed by atoms with Gasteiger partial charge in [-0.1, -0.05) is 19.8 Å². The minimum atomic E-state index is 0.167. The van der Waals surface area contributed by atoms with E-state index in [1.807, 2.05) is 0 Å². The van der Waals surface area contributed by atoms with Gasteiger partial charge in [0, 0.05) is 0 Å². The van der Waals surface area contributed by atoms with Crippen molar-refractivity contribution in [3.8, 4) is 0 Å². The van der Waals surface area contributed by atoms with Crippen LogP contribution in [0, 0.1) is 0 Å². The summed E-state index contributed by atoms with van der Waals surface area (Å²) in [5.74, 6) is 0.333. The Morgan fingerprint density at radius 3 is 1.29 bits per heavy atom. The molecular weight excluding hydrogens is 178 g/mol. The monoisotopic (exact) mass is 203 g/mol. The molecule has 0 bridgehead atoms. The molecule has 0 saturated carbocycles. The van der Waals surface area contributed by atoms with E-state index in [4.69, 9.17) is 5.73 Å². The Bertz CT molecular complexity index is 109. The third kappa shape index (κ3) is 227. The Hall–Kier alpha value is -0.700. The third-order valence-electron chi connectivity index (χ3n) is 0.808. The number of carbonyl (C=O) groups is 2. The smallest absolute Gasteiger partial charge is 0.126 e. The lowest BCUT2D eigenvalue weighted by molar-refractivity contribution is -0.115. The zero-order valence-electron chi connectivity index (χ0n) is 10.2. The molecule has 14 heavy (non-hydrogen) atoms. The van der Waals surface area contributed by atoms with Crippen molar-refractivity contribution in [2.75, 3.05) is 6.54 Å². The maximum absolute atomic E-state index is 9.44. The fourth-order valence-electron chi connectivity index (χ4n) is 0.394. The molecule has 0 aliphatic rings. The quantitative estimate of drug-likeness (QED) is 0.716. The van der Waals surface area contributed by atoms with Gasteiger partial charge in [0.2, 0.25) is 0 Å². The van der Waals surface area contributed by atoms with E-state index in [0.29, 0.717) is 0 Å². The first-order valence-electron chi connectivity index (χ1n) is 5.02. The molecule has 0 aromatic rings. The van der Waals surface area contributed by atoms with E-state index in [0.717, 1.165) is 6.54 Å². The number of hydrogen-bond donors (Lipinski definition) is 1. The summed E-state index contributed by atoms with van der Waals surface area (Å²) in [6.45, 7) is 9.14. The molecule has 86 valence electrons. The summed E-state index contributed by atoms with van der Waals surface area (Å²) < 4.78 is 0. The Labute approximate surface area is 88.1 Å². The number of hydrogen-bond acceptors (Lipinski definition) is 3. The summed E-state index contributed by atoms with van der Waals surface area (Å²) in [7, 11) is 0. The van der Waals surface area contributed by atoms with E-state index >= 15 is 0 Å². The molecule has 0 heterocycles. The van der Waals surface area contributed by atoms with Crippen LogP contribution in [0.25, 0.3) is 0 Å². The van der Waals surface area contributed by atoms with E-state index < -0.39 is 0 Å². The van der Waals surface area contributed by atoms with Crippen LogP contribution in [0.15, 0.2) is 0 Å². The second-order valence-corrected chi connectivity index (χ2v) is 3.31. The van der Waals surface area contributed by atoms with Gasteiger partial charge >= 0.3 is 0 Å². The first kappa shape index (κ1) is 19.0. The molecule has 0 aliphatic heterocycles. The lowest BCUT2D eigenvalue weighted by Gasteiger charge is -1.86. The van der Waals surface area contributed by atoms with Crippen molar-refractivity contribution >= 4 is 11.6 Å². The Morgan fingerprint density at radius 2 is 1.21 bits per heavy atom. The van der Waals surface area contributed by atoms with E-state index in [-0.39, 0.29) is 11.6 Å². The van der Waals surface area contributed by atoms with Crippen molar-refractivity contribution in [1.29, 1.82) is 0 Å². The molecule has 0 rings (SSSR count). The molecule has 0 amide bonds. The van der Waals surface area contributed by atoms with Crippen LogP contribution in [-0.2, 0) is 9.59 Å². The average Bonchev–Trinajstić information content (AvgIpc) is 1.98. The summed E-state index contributed by atoms with van der Waals surface area (Å²) in [6, 6.07) is 0. The Balaban J connectivity index is -0.000000135. The number of unbranched alkanes of at least 4 members (excludes halogenated alkanes) is 2. The van der Waals surface area contributed by atoms with E-state index in [9.17, 15) is 9.59 Å². The predicted octanol–water partition coefficient (Wildman–Crippen LogP) is 2.33. The molecule has 0 saturated heterocycles. The number of carbonyl (C=O) groups excluding carboxylic acids is 2. The van der Waals surface area contributed by atoms with Gasteiger partial charge in [-0.2, -0.15) is 0 Å². The normalized spacial score (nSPS) is 7.57. The molecule has 0 radical (unpaired) electrons. The third-order valence-corrected chi connectivity index (χ3v) is 0.808. The second kappa shape index (κ2) is 18.2. The van der Waals surface area contributed by atoms with E-state index in [2.05, 4.69) is 6.92 Å². The van der Waals surface area contributed by atoms with Crippen molar-refractivity contribution in [1.82, 2.24) is 0 Å². The highest BCUT2D eigenvalue weighted by Gasteiger charge is 1.75. The molecule has 3 heteroatoms. The number of Topliss-reactive ketones (excluding diaryl/α,β-unsaturated/α-hetero) is 2. The highest BCUT2D eigenvalue weighted by atomic mass is 16.1. The molecular formula is C11H25NO2. The van der Waals surface area contributed by atoms with Crippen molar-refractivity contribution in [2.24, 2.45) is 5.73 Å². The fraction of sp³-hybridized carbons (Fsp3) is 0.818. The minimum Gasteiger partial charge on any atom is -0.330 e. The van der Waals surface area contributed by atoms with Gasteiger partial charge in [0.1, 0.15) is 11.6 Å². The average molecular weight is 203 g/mol. The molecule has 0 fully saturated rings. The first-order valence-corrected chi connectivity index (χ1v) is 5.02. The SMILES string of the molecule is CC(C)=O.CC(C)=O.CCCCCN. The predicted molar refractivity (Wildman–Crippen MR) is 61.3 cm³/mol. The summed E-state index contributed by atoms with van der Waals surface area (Å²) in [5, 5.41) is 0. The molecule has 2 N–H and O–H groups in total. The van der Waals surface area contributed by atoms with E-state index in [1.54, 1.807) is 0 Å². The first-order chi connectivity index (χ1) is 6.38. The van der Waals surface area contributed by atoms with Gasteiger partial charge in [0.25, 0.3) is 0 Å². The highest BCUT2D eigenvalue weighted by molar-refractivity contribution is 5.72. The molecule has 0 spiro atoms. The van der Waals surface area contributed by atoms with Crippen LogP contribution in [0.2, 0.25) is 0 Å². The number of nitrogens with two attached hydrogens (primary N) is 1. The molecule has 3 nitrogen and oxygen atoms in total. The molecule has 0 aliphatic carbocycles. The van der Waals surface area contributed by atoms with Crippen molar-refractivity contribution in [3.05, 3.63) is 0 Å². The molecule has 0 aromatic heterocycles. The maximum Gasteiger partial charge on any atom is 0.126 e. The molecule has 0 atom stereocenters. The van der Waals surface area contributed by atoms with Crippen molar-refractivity contribution in [3.63, 3.8) is 0 Å². The van der Waals surface area contributed by atoms with Gasteiger partial charge in [-0.15, -0.1) is 0 Å². The van der Waals surface area contributed by atoms with Crippen LogP contribution < -0.4 is 5.73 Å². The van der Waals surface area contributed by atoms with Crippen LogP contribution in [0.5, 0.6) is 0 Å². The van der Waals surface area contributed by atoms with Crippen LogP contribution >= 0.6 is 0 Å². The van der Waals surface area contributed by atoms with Crippen LogP contribution in [-0.4, -0.2) is 18.1 Å². The van der Waals surface area contributed by atoms with Crippen LogP contribution in [0.1, 0.15) is 53.9 Å².